The maximum Gasteiger partial charge on any atom is 0.222 e. The zero-order valence-electron chi connectivity index (χ0n) is 12.7. The molecule has 3 rings (SSSR count). The van der Waals surface area contributed by atoms with Crippen molar-refractivity contribution in [2.75, 3.05) is 30.3 Å². The highest BCUT2D eigenvalue weighted by molar-refractivity contribution is 5.55. The van der Waals surface area contributed by atoms with Crippen LogP contribution in [0.25, 0.3) is 0 Å². The molecular weight excluding hydrogens is 250 g/mol. The van der Waals surface area contributed by atoms with Crippen molar-refractivity contribution in [3.8, 4) is 0 Å². The van der Waals surface area contributed by atoms with E-state index in [1.807, 2.05) is 0 Å². The van der Waals surface area contributed by atoms with Gasteiger partial charge in [0.1, 0.15) is 5.82 Å². The molecule has 110 valence electrons. The molecule has 0 bridgehead atoms. The van der Waals surface area contributed by atoms with Crippen LogP contribution in [0.5, 0.6) is 0 Å². The summed E-state index contributed by atoms with van der Waals surface area (Å²) < 4.78 is 0. The maximum absolute atomic E-state index is 5.98. The Bertz CT molecular complexity index is 511. The van der Waals surface area contributed by atoms with Crippen molar-refractivity contribution in [1.29, 1.82) is 0 Å². The number of nitrogen functional groups attached to an aromatic ring is 1. The Kier molecular flexibility index (Phi) is 3.32. The van der Waals surface area contributed by atoms with Crippen molar-refractivity contribution in [2.24, 2.45) is 0 Å². The first kappa shape index (κ1) is 13.6. The van der Waals surface area contributed by atoms with Gasteiger partial charge in [0.25, 0.3) is 0 Å². The molecule has 1 fully saturated rings. The first-order valence-electron chi connectivity index (χ1n) is 7.62. The fourth-order valence-corrected chi connectivity index (χ4v) is 3.49. The zero-order chi connectivity index (χ0) is 14.3. The van der Waals surface area contributed by atoms with E-state index in [2.05, 4.69) is 41.0 Å². The number of piperazine rings is 1. The van der Waals surface area contributed by atoms with Gasteiger partial charge in [-0.05, 0) is 26.2 Å². The summed E-state index contributed by atoms with van der Waals surface area (Å²) >= 11 is 0. The lowest BCUT2D eigenvalue weighted by Crippen LogP contribution is -2.50. The summed E-state index contributed by atoms with van der Waals surface area (Å²) in [5.74, 6) is 1.49. The third-order valence-electron chi connectivity index (χ3n) is 4.54. The molecule has 1 atom stereocenters. The smallest absolute Gasteiger partial charge is 0.222 e. The summed E-state index contributed by atoms with van der Waals surface area (Å²) in [5, 5.41) is 3.48. The molecule has 0 spiro atoms. The predicted molar refractivity (Wildman–Crippen MR) is 82.1 cm³/mol. The highest BCUT2D eigenvalue weighted by Gasteiger charge is 2.33. The van der Waals surface area contributed by atoms with E-state index < -0.39 is 0 Å². The average molecular weight is 275 g/mol. The number of nitrogens with two attached hydrogens (primary N) is 1. The van der Waals surface area contributed by atoms with E-state index in [1.165, 1.54) is 18.4 Å². The summed E-state index contributed by atoms with van der Waals surface area (Å²) in [6.07, 6.45) is 3.46. The molecule has 5 heteroatoms. The van der Waals surface area contributed by atoms with Crippen molar-refractivity contribution < 1.29 is 0 Å². The summed E-state index contributed by atoms with van der Waals surface area (Å²) in [4.78, 5) is 11.5. The van der Waals surface area contributed by atoms with E-state index in [9.17, 15) is 0 Å². The van der Waals surface area contributed by atoms with Gasteiger partial charge in [0, 0.05) is 36.7 Å². The van der Waals surface area contributed by atoms with Gasteiger partial charge in [-0.1, -0.05) is 13.8 Å². The Labute approximate surface area is 121 Å². The second-order valence-electron chi connectivity index (χ2n) is 6.77. The highest BCUT2D eigenvalue weighted by Crippen LogP contribution is 2.39. The van der Waals surface area contributed by atoms with Crippen LogP contribution in [0.15, 0.2) is 0 Å². The number of nitrogens with one attached hydrogen (secondary N) is 1. The molecule has 1 aliphatic heterocycles. The summed E-state index contributed by atoms with van der Waals surface area (Å²) in [5.41, 5.74) is 8.58. The Morgan fingerprint density at radius 1 is 1.35 bits per heavy atom. The van der Waals surface area contributed by atoms with E-state index in [-0.39, 0.29) is 5.41 Å². The molecule has 0 saturated carbocycles. The van der Waals surface area contributed by atoms with Crippen LogP contribution in [0, 0.1) is 0 Å². The fraction of sp³-hybridized carbons (Fsp3) is 0.733. The highest BCUT2D eigenvalue weighted by atomic mass is 15.3. The minimum Gasteiger partial charge on any atom is -0.368 e. The SMILES string of the molecule is C[C@H]1CN(c2nc(N)nc3c2CCCC3(C)C)CCN1. The van der Waals surface area contributed by atoms with Gasteiger partial charge in [-0.2, -0.15) is 4.98 Å². The minimum atomic E-state index is 0.110. The molecule has 0 radical (unpaired) electrons. The molecule has 0 aromatic carbocycles. The molecule has 1 saturated heterocycles. The number of aromatic nitrogens is 2. The topological polar surface area (TPSA) is 67.1 Å². The Morgan fingerprint density at radius 2 is 2.15 bits per heavy atom. The van der Waals surface area contributed by atoms with Crippen molar-refractivity contribution >= 4 is 11.8 Å². The van der Waals surface area contributed by atoms with Crippen molar-refractivity contribution in [3.63, 3.8) is 0 Å². The van der Waals surface area contributed by atoms with Gasteiger partial charge in [-0.3, -0.25) is 0 Å². The Hall–Kier alpha value is -1.36. The monoisotopic (exact) mass is 275 g/mol. The van der Waals surface area contributed by atoms with Crippen LogP contribution in [0.3, 0.4) is 0 Å². The van der Waals surface area contributed by atoms with Crippen molar-refractivity contribution in [1.82, 2.24) is 15.3 Å². The minimum absolute atomic E-state index is 0.110. The van der Waals surface area contributed by atoms with Crippen molar-refractivity contribution in [2.45, 2.75) is 51.5 Å². The largest absolute Gasteiger partial charge is 0.368 e. The first-order chi connectivity index (χ1) is 9.47. The van der Waals surface area contributed by atoms with E-state index >= 15 is 0 Å². The molecule has 5 nitrogen and oxygen atoms in total. The standard InChI is InChI=1S/C15H25N5/c1-10-9-20(8-7-17-10)13-11-5-4-6-15(2,3)12(11)18-14(16)19-13/h10,17H,4-9H2,1-3H3,(H2,16,18,19)/t10-/m0/s1. The second kappa shape index (κ2) is 4.88. The van der Waals surface area contributed by atoms with Gasteiger partial charge in [0.05, 0.1) is 5.69 Å². The number of rotatable bonds is 1. The Morgan fingerprint density at radius 3 is 2.90 bits per heavy atom. The summed E-state index contributed by atoms with van der Waals surface area (Å²) in [6, 6.07) is 0.493. The first-order valence-corrected chi connectivity index (χ1v) is 7.62. The van der Waals surface area contributed by atoms with Crippen LogP contribution in [-0.4, -0.2) is 35.6 Å². The quantitative estimate of drug-likeness (QED) is 0.812. The van der Waals surface area contributed by atoms with Crippen LogP contribution in [-0.2, 0) is 11.8 Å². The number of hydrogen-bond acceptors (Lipinski definition) is 5. The lowest BCUT2D eigenvalue weighted by molar-refractivity contribution is 0.415. The molecule has 0 unspecified atom stereocenters. The van der Waals surface area contributed by atoms with Gasteiger partial charge >= 0.3 is 0 Å². The summed E-state index contributed by atoms with van der Waals surface area (Å²) in [7, 11) is 0. The molecule has 1 aromatic heterocycles. The van der Waals surface area contributed by atoms with Crippen LogP contribution >= 0.6 is 0 Å². The third-order valence-corrected chi connectivity index (χ3v) is 4.54. The van der Waals surface area contributed by atoms with Crippen LogP contribution in [0.1, 0.15) is 44.9 Å². The molecule has 1 aromatic rings. The van der Waals surface area contributed by atoms with Gasteiger partial charge in [-0.15, -0.1) is 0 Å². The zero-order valence-corrected chi connectivity index (χ0v) is 12.7. The molecule has 0 amide bonds. The van der Waals surface area contributed by atoms with E-state index in [0.29, 0.717) is 12.0 Å². The van der Waals surface area contributed by atoms with Gasteiger partial charge in [0.15, 0.2) is 0 Å². The fourth-order valence-electron chi connectivity index (χ4n) is 3.49. The molecule has 20 heavy (non-hydrogen) atoms. The normalized spacial score (nSPS) is 25.4. The van der Waals surface area contributed by atoms with Crippen LogP contribution in [0.4, 0.5) is 11.8 Å². The van der Waals surface area contributed by atoms with Gasteiger partial charge in [0.2, 0.25) is 5.95 Å². The lowest BCUT2D eigenvalue weighted by Gasteiger charge is -2.37. The maximum atomic E-state index is 5.98. The molecule has 1 aliphatic carbocycles. The number of fused-ring (bicyclic) bond motifs is 1. The average Bonchev–Trinajstić information content (AvgIpc) is 2.39. The van der Waals surface area contributed by atoms with Crippen LogP contribution < -0.4 is 16.0 Å². The lowest BCUT2D eigenvalue weighted by atomic mass is 9.76. The third kappa shape index (κ3) is 2.35. The predicted octanol–water partition coefficient (Wildman–Crippen LogP) is 1.47. The van der Waals surface area contributed by atoms with Crippen molar-refractivity contribution in [3.05, 3.63) is 11.3 Å². The molecule has 3 N–H and O–H groups in total. The Balaban J connectivity index is 2.05. The number of nitrogens with zero attached hydrogens (tertiary/aromatic N) is 3. The second-order valence-corrected chi connectivity index (χ2v) is 6.77. The number of hydrogen-bond donors (Lipinski definition) is 2. The van der Waals surface area contributed by atoms with E-state index in [1.54, 1.807) is 0 Å². The summed E-state index contributed by atoms with van der Waals surface area (Å²) in [6.45, 7) is 9.73. The molecule has 2 aliphatic rings. The van der Waals surface area contributed by atoms with E-state index in [4.69, 9.17) is 5.73 Å². The van der Waals surface area contributed by atoms with Gasteiger partial charge < -0.3 is 16.0 Å². The van der Waals surface area contributed by atoms with Crippen LogP contribution in [0.2, 0.25) is 0 Å². The van der Waals surface area contributed by atoms with Gasteiger partial charge in [-0.25, -0.2) is 4.98 Å². The van der Waals surface area contributed by atoms with E-state index in [0.717, 1.165) is 37.6 Å². The molecular formula is C15H25N5. The number of anilines is 2. The molecule has 2 heterocycles.